The van der Waals surface area contributed by atoms with Crippen LogP contribution in [-0.2, 0) is 16.0 Å². The number of nitrogens with zero attached hydrogens (tertiary/aromatic N) is 1. The number of nitrogens with one attached hydrogen (secondary N) is 3. The first-order valence-corrected chi connectivity index (χ1v) is 8.50. The Labute approximate surface area is 151 Å². The molecule has 1 atom stereocenters. The average molecular weight is 352 g/mol. The number of carbonyl (C=O) groups excluding carboxylic acids is 3. The topological polar surface area (TPSA) is 100 Å². The molecule has 7 nitrogen and oxygen atoms in total. The van der Waals surface area contributed by atoms with Crippen molar-refractivity contribution in [1.82, 2.24) is 15.6 Å². The average Bonchev–Trinajstić information content (AvgIpc) is 2.77. The highest BCUT2D eigenvalue weighted by Crippen LogP contribution is 2.19. The molecule has 0 bridgehead atoms. The second kappa shape index (κ2) is 8.24. The molecule has 1 aromatic carbocycles. The Balaban J connectivity index is 1.47. The highest BCUT2D eigenvalue weighted by Gasteiger charge is 2.27. The number of para-hydroxylation sites is 1. The fraction of sp³-hybridized carbons (Fsp3) is 0.263. The number of aromatic nitrogens is 1. The number of amides is 3. The van der Waals surface area contributed by atoms with Gasteiger partial charge < -0.3 is 16.0 Å². The van der Waals surface area contributed by atoms with Gasteiger partial charge in [-0.15, -0.1) is 0 Å². The first-order chi connectivity index (χ1) is 12.6. The Morgan fingerprint density at radius 2 is 1.88 bits per heavy atom. The molecular weight excluding hydrogens is 332 g/mol. The number of carbonyl (C=O) groups is 3. The van der Waals surface area contributed by atoms with Crippen LogP contribution in [0.3, 0.4) is 0 Å². The van der Waals surface area contributed by atoms with Gasteiger partial charge in [-0.25, -0.2) is 0 Å². The zero-order chi connectivity index (χ0) is 18.4. The van der Waals surface area contributed by atoms with Gasteiger partial charge in [-0.1, -0.05) is 12.1 Å². The second-order valence-corrected chi connectivity index (χ2v) is 6.05. The second-order valence-electron chi connectivity index (χ2n) is 6.05. The Bertz CT molecular complexity index is 807. The number of pyridine rings is 1. The molecular formula is C19H20N4O3. The van der Waals surface area contributed by atoms with Crippen molar-refractivity contribution in [3.8, 4) is 0 Å². The maximum absolute atomic E-state index is 12.3. The number of hydrogen-bond acceptors (Lipinski definition) is 4. The standard InChI is InChI=1S/C19H20N4O3/c24-17(21-12-9-13-7-10-20-11-8-13)6-5-16-19(26)22-15-4-2-1-3-14(15)18(25)23-16/h1-4,7-8,10-11,16H,5-6,9,12H2,(H,21,24)(H,22,26)(H,23,25)/t16-/m1/s1. The summed E-state index contributed by atoms with van der Waals surface area (Å²) in [4.78, 5) is 40.4. The van der Waals surface area contributed by atoms with Crippen LogP contribution in [0, 0.1) is 0 Å². The third-order valence-electron chi connectivity index (χ3n) is 4.20. The van der Waals surface area contributed by atoms with Gasteiger partial charge in [-0.3, -0.25) is 19.4 Å². The number of hydrogen-bond donors (Lipinski definition) is 3. The Kier molecular flexibility index (Phi) is 5.58. The molecule has 3 rings (SSSR count). The van der Waals surface area contributed by atoms with Crippen molar-refractivity contribution >= 4 is 23.4 Å². The lowest BCUT2D eigenvalue weighted by Gasteiger charge is -2.14. The molecule has 1 aliphatic rings. The quantitative estimate of drug-likeness (QED) is 0.729. The van der Waals surface area contributed by atoms with E-state index in [0.29, 0.717) is 24.2 Å². The summed E-state index contributed by atoms with van der Waals surface area (Å²) in [5, 5.41) is 8.24. The van der Waals surface area contributed by atoms with E-state index in [1.54, 1.807) is 36.7 Å². The van der Waals surface area contributed by atoms with E-state index in [1.165, 1.54) is 0 Å². The molecule has 2 aromatic rings. The van der Waals surface area contributed by atoms with Crippen molar-refractivity contribution in [3.63, 3.8) is 0 Å². The normalized spacial score (nSPS) is 16.1. The molecule has 0 unspecified atom stereocenters. The van der Waals surface area contributed by atoms with Gasteiger partial charge in [0.25, 0.3) is 5.91 Å². The largest absolute Gasteiger partial charge is 0.356 e. The summed E-state index contributed by atoms with van der Waals surface area (Å²) < 4.78 is 0. The minimum Gasteiger partial charge on any atom is -0.356 e. The first-order valence-electron chi connectivity index (χ1n) is 8.50. The molecule has 0 spiro atoms. The van der Waals surface area contributed by atoms with Crippen LogP contribution >= 0.6 is 0 Å². The lowest BCUT2D eigenvalue weighted by Crippen LogP contribution is -2.42. The molecule has 1 aromatic heterocycles. The predicted molar refractivity (Wildman–Crippen MR) is 96.5 cm³/mol. The van der Waals surface area contributed by atoms with Crippen molar-refractivity contribution < 1.29 is 14.4 Å². The van der Waals surface area contributed by atoms with E-state index in [4.69, 9.17) is 0 Å². The van der Waals surface area contributed by atoms with Gasteiger partial charge in [-0.05, 0) is 42.7 Å². The zero-order valence-corrected chi connectivity index (χ0v) is 14.2. The van der Waals surface area contributed by atoms with Crippen LogP contribution in [-0.4, -0.2) is 35.3 Å². The van der Waals surface area contributed by atoms with Crippen LogP contribution < -0.4 is 16.0 Å². The molecule has 134 valence electrons. The highest BCUT2D eigenvalue weighted by molar-refractivity contribution is 6.09. The molecule has 26 heavy (non-hydrogen) atoms. The Morgan fingerprint density at radius 1 is 1.12 bits per heavy atom. The molecule has 0 saturated carbocycles. The Morgan fingerprint density at radius 3 is 2.69 bits per heavy atom. The molecule has 0 fully saturated rings. The summed E-state index contributed by atoms with van der Waals surface area (Å²) in [5.41, 5.74) is 2.00. The molecule has 0 saturated heterocycles. The fourth-order valence-corrected chi connectivity index (χ4v) is 2.77. The van der Waals surface area contributed by atoms with Crippen molar-refractivity contribution in [1.29, 1.82) is 0 Å². The summed E-state index contributed by atoms with van der Waals surface area (Å²) in [6.45, 7) is 0.511. The van der Waals surface area contributed by atoms with E-state index in [2.05, 4.69) is 20.9 Å². The van der Waals surface area contributed by atoms with Crippen molar-refractivity contribution in [3.05, 3.63) is 59.9 Å². The van der Waals surface area contributed by atoms with Gasteiger partial charge in [0.1, 0.15) is 6.04 Å². The van der Waals surface area contributed by atoms with Crippen LogP contribution in [0.4, 0.5) is 5.69 Å². The van der Waals surface area contributed by atoms with Crippen LogP contribution in [0.25, 0.3) is 0 Å². The summed E-state index contributed by atoms with van der Waals surface area (Å²) in [5.74, 6) is -0.780. The van der Waals surface area contributed by atoms with E-state index in [-0.39, 0.29) is 30.6 Å². The minimum absolute atomic E-state index is 0.150. The molecule has 0 radical (unpaired) electrons. The first kappa shape index (κ1) is 17.6. The van der Waals surface area contributed by atoms with Crippen LogP contribution in [0.2, 0.25) is 0 Å². The lowest BCUT2D eigenvalue weighted by atomic mass is 10.1. The van der Waals surface area contributed by atoms with Gasteiger partial charge in [0.2, 0.25) is 11.8 Å². The summed E-state index contributed by atoms with van der Waals surface area (Å²) in [6, 6.07) is 9.88. The van der Waals surface area contributed by atoms with Gasteiger partial charge in [-0.2, -0.15) is 0 Å². The van der Waals surface area contributed by atoms with E-state index in [9.17, 15) is 14.4 Å². The van der Waals surface area contributed by atoms with Crippen LogP contribution in [0.1, 0.15) is 28.8 Å². The summed E-state index contributed by atoms with van der Waals surface area (Å²) >= 11 is 0. The molecule has 2 heterocycles. The van der Waals surface area contributed by atoms with Crippen molar-refractivity contribution in [2.45, 2.75) is 25.3 Å². The molecule has 0 aliphatic carbocycles. The SMILES string of the molecule is O=C(CC[C@H]1NC(=O)c2ccccc2NC1=O)NCCc1ccncc1. The van der Waals surface area contributed by atoms with E-state index < -0.39 is 6.04 Å². The minimum atomic E-state index is -0.735. The maximum Gasteiger partial charge on any atom is 0.254 e. The fourth-order valence-electron chi connectivity index (χ4n) is 2.77. The number of rotatable bonds is 6. The number of benzene rings is 1. The highest BCUT2D eigenvalue weighted by atomic mass is 16.2. The number of fused-ring (bicyclic) bond motifs is 1. The van der Waals surface area contributed by atoms with Gasteiger partial charge in [0.05, 0.1) is 11.3 Å². The monoisotopic (exact) mass is 352 g/mol. The van der Waals surface area contributed by atoms with E-state index in [1.807, 2.05) is 12.1 Å². The lowest BCUT2D eigenvalue weighted by molar-refractivity contribution is -0.121. The van der Waals surface area contributed by atoms with Crippen molar-refractivity contribution in [2.24, 2.45) is 0 Å². The molecule has 3 N–H and O–H groups in total. The van der Waals surface area contributed by atoms with Gasteiger partial charge in [0, 0.05) is 25.4 Å². The number of anilines is 1. The van der Waals surface area contributed by atoms with Gasteiger partial charge in [0.15, 0.2) is 0 Å². The van der Waals surface area contributed by atoms with E-state index in [0.717, 1.165) is 5.56 Å². The Hall–Kier alpha value is -3.22. The van der Waals surface area contributed by atoms with Crippen molar-refractivity contribution in [2.75, 3.05) is 11.9 Å². The van der Waals surface area contributed by atoms with E-state index >= 15 is 0 Å². The molecule has 3 amide bonds. The summed E-state index contributed by atoms with van der Waals surface area (Å²) in [7, 11) is 0. The summed E-state index contributed by atoms with van der Waals surface area (Å²) in [6.07, 6.45) is 4.53. The third kappa shape index (κ3) is 4.44. The third-order valence-corrected chi connectivity index (χ3v) is 4.20. The predicted octanol–water partition coefficient (Wildman–Crippen LogP) is 1.27. The van der Waals surface area contributed by atoms with Crippen LogP contribution in [0.5, 0.6) is 0 Å². The maximum atomic E-state index is 12.3. The molecule has 7 heteroatoms. The zero-order valence-electron chi connectivity index (χ0n) is 14.2. The van der Waals surface area contributed by atoms with Crippen LogP contribution in [0.15, 0.2) is 48.8 Å². The van der Waals surface area contributed by atoms with Gasteiger partial charge >= 0.3 is 0 Å². The molecule has 1 aliphatic heterocycles. The smallest absolute Gasteiger partial charge is 0.254 e.